The van der Waals surface area contributed by atoms with Gasteiger partial charge in [-0.1, -0.05) is 6.07 Å². The SMILES string of the molecule is COc1cc(-n2cnc3cc(-c4cnn(C)c4)ccc32)cc(OC)c1C(=O)N[C@@H]1CC[C@H]1O. The number of carbonyl (C=O) groups is 1. The van der Waals surface area contributed by atoms with Crippen LogP contribution in [0.2, 0.25) is 0 Å². The second kappa shape index (κ2) is 8.25. The fraction of sp³-hybridized carbons (Fsp3) is 0.292. The smallest absolute Gasteiger partial charge is 0.259 e. The van der Waals surface area contributed by atoms with E-state index in [1.807, 2.05) is 42.2 Å². The molecule has 1 amide bonds. The van der Waals surface area contributed by atoms with Crippen LogP contribution in [0.4, 0.5) is 0 Å². The fourth-order valence-electron chi connectivity index (χ4n) is 4.12. The van der Waals surface area contributed by atoms with Crippen LogP contribution in [0.15, 0.2) is 49.1 Å². The van der Waals surface area contributed by atoms with Crippen LogP contribution in [0.5, 0.6) is 11.5 Å². The van der Waals surface area contributed by atoms with Crippen LogP contribution in [-0.2, 0) is 7.05 Å². The maximum absolute atomic E-state index is 12.9. The highest BCUT2D eigenvalue weighted by molar-refractivity contribution is 6.00. The van der Waals surface area contributed by atoms with Crippen LogP contribution in [0.1, 0.15) is 23.2 Å². The highest BCUT2D eigenvalue weighted by Gasteiger charge is 2.32. The first-order chi connectivity index (χ1) is 16.0. The molecule has 0 saturated heterocycles. The van der Waals surface area contributed by atoms with Crippen molar-refractivity contribution in [3.05, 3.63) is 54.6 Å². The van der Waals surface area contributed by atoms with Gasteiger partial charge in [0.15, 0.2) is 0 Å². The number of amides is 1. The first-order valence-electron chi connectivity index (χ1n) is 10.7. The van der Waals surface area contributed by atoms with Crippen molar-refractivity contribution in [3.63, 3.8) is 0 Å². The van der Waals surface area contributed by atoms with Crippen molar-refractivity contribution in [2.24, 2.45) is 7.05 Å². The molecule has 9 nitrogen and oxygen atoms in total. The van der Waals surface area contributed by atoms with E-state index in [9.17, 15) is 9.90 Å². The Morgan fingerprint density at radius 2 is 1.88 bits per heavy atom. The zero-order valence-corrected chi connectivity index (χ0v) is 18.6. The van der Waals surface area contributed by atoms with Gasteiger partial charge in [-0.25, -0.2) is 4.98 Å². The van der Waals surface area contributed by atoms with Gasteiger partial charge in [-0.3, -0.25) is 14.0 Å². The number of hydrogen-bond donors (Lipinski definition) is 2. The number of aliphatic hydroxyl groups excluding tert-OH is 1. The number of methoxy groups -OCH3 is 2. The Bertz CT molecular complexity index is 1320. The van der Waals surface area contributed by atoms with Crippen molar-refractivity contribution in [1.29, 1.82) is 0 Å². The number of nitrogens with zero attached hydrogens (tertiary/aromatic N) is 4. The Kier molecular flexibility index (Phi) is 5.26. The molecule has 5 rings (SSSR count). The summed E-state index contributed by atoms with van der Waals surface area (Å²) in [5, 5.41) is 16.9. The molecule has 2 aromatic carbocycles. The molecule has 1 fully saturated rings. The Balaban J connectivity index is 1.53. The number of aliphatic hydroxyl groups is 1. The molecular formula is C24H25N5O4. The van der Waals surface area contributed by atoms with E-state index in [0.717, 1.165) is 34.3 Å². The lowest BCUT2D eigenvalue weighted by Crippen LogP contribution is -2.50. The second-order valence-corrected chi connectivity index (χ2v) is 8.17. The summed E-state index contributed by atoms with van der Waals surface area (Å²) in [5.74, 6) is 0.421. The Morgan fingerprint density at radius 3 is 2.45 bits per heavy atom. The van der Waals surface area contributed by atoms with E-state index in [-0.39, 0.29) is 11.9 Å². The van der Waals surface area contributed by atoms with E-state index in [2.05, 4.69) is 15.4 Å². The summed E-state index contributed by atoms with van der Waals surface area (Å²) in [4.78, 5) is 17.5. The monoisotopic (exact) mass is 447 g/mol. The maximum Gasteiger partial charge on any atom is 0.259 e. The zero-order chi connectivity index (χ0) is 23.1. The predicted molar refractivity (Wildman–Crippen MR) is 123 cm³/mol. The molecule has 0 bridgehead atoms. The van der Waals surface area contributed by atoms with Crippen molar-refractivity contribution in [2.45, 2.75) is 25.0 Å². The van der Waals surface area contributed by atoms with E-state index in [1.165, 1.54) is 14.2 Å². The first kappa shape index (κ1) is 21.0. The molecule has 0 aliphatic heterocycles. The number of aromatic nitrogens is 4. The molecule has 2 aromatic heterocycles. The van der Waals surface area contributed by atoms with Crippen LogP contribution in [0.25, 0.3) is 27.8 Å². The lowest BCUT2D eigenvalue weighted by Gasteiger charge is -2.33. The number of fused-ring (bicyclic) bond motifs is 1. The van der Waals surface area contributed by atoms with Gasteiger partial charge in [0.05, 0.1) is 49.3 Å². The molecule has 0 unspecified atom stereocenters. The topological polar surface area (TPSA) is 103 Å². The third-order valence-electron chi connectivity index (χ3n) is 6.14. The summed E-state index contributed by atoms with van der Waals surface area (Å²) in [6, 6.07) is 9.36. The summed E-state index contributed by atoms with van der Waals surface area (Å²) in [6.45, 7) is 0. The summed E-state index contributed by atoms with van der Waals surface area (Å²) in [7, 11) is 4.91. The predicted octanol–water partition coefficient (Wildman–Crippen LogP) is 2.70. The van der Waals surface area contributed by atoms with Crippen molar-refractivity contribution in [3.8, 4) is 28.3 Å². The average molecular weight is 447 g/mol. The van der Waals surface area contributed by atoms with Crippen LogP contribution < -0.4 is 14.8 Å². The molecular weight excluding hydrogens is 422 g/mol. The van der Waals surface area contributed by atoms with Gasteiger partial charge in [0, 0.05) is 30.9 Å². The number of benzene rings is 2. The maximum atomic E-state index is 12.9. The standard InChI is InChI=1S/C24H25N5O4/c1-28-12-15(11-26-28)14-4-6-19-18(8-14)25-13-29(19)16-9-21(32-2)23(22(10-16)33-3)24(31)27-17-5-7-20(17)30/h4,6,8-13,17,20,30H,5,7H2,1-3H3,(H,27,31)/t17-,20-/m1/s1. The molecule has 2 heterocycles. The largest absolute Gasteiger partial charge is 0.496 e. The van der Waals surface area contributed by atoms with Gasteiger partial charge in [0.25, 0.3) is 5.91 Å². The highest BCUT2D eigenvalue weighted by atomic mass is 16.5. The molecule has 4 aromatic rings. The molecule has 2 N–H and O–H groups in total. The van der Waals surface area contributed by atoms with Gasteiger partial charge in [-0.05, 0) is 30.5 Å². The molecule has 0 spiro atoms. The van der Waals surface area contributed by atoms with Gasteiger partial charge in [0.2, 0.25) is 0 Å². The number of carbonyl (C=O) groups excluding carboxylic acids is 1. The lowest BCUT2D eigenvalue weighted by molar-refractivity contribution is 0.0445. The Morgan fingerprint density at radius 1 is 1.12 bits per heavy atom. The first-order valence-corrected chi connectivity index (χ1v) is 10.7. The number of ether oxygens (including phenoxy) is 2. The molecule has 0 radical (unpaired) electrons. The van der Waals surface area contributed by atoms with E-state index < -0.39 is 6.10 Å². The minimum absolute atomic E-state index is 0.252. The minimum Gasteiger partial charge on any atom is -0.496 e. The second-order valence-electron chi connectivity index (χ2n) is 8.17. The van der Waals surface area contributed by atoms with Crippen molar-refractivity contribution < 1.29 is 19.4 Å². The van der Waals surface area contributed by atoms with Gasteiger partial charge in [-0.15, -0.1) is 0 Å². The highest BCUT2D eigenvalue weighted by Crippen LogP contribution is 2.34. The van der Waals surface area contributed by atoms with E-state index in [0.29, 0.717) is 23.5 Å². The van der Waals surface area contributed by atoms with E-state index >= 15 is 0 Å². The van der Waals surface area contributed by atoms with Crippen molar-refractivity contribution in [1.82, 2.24) is 24.6 Å². The molecule has 9 heteroatoms. The fourth-order valence-corrected chi connectivity index (χ4v) is 4.12. The zero-order valence-electron chi connectivity index (χ0n) is 18.6. The summed E-state index contributed by atoms with van der Waals surface area (Å²) >= 11 is 0. The lowest BCUT2D eigenvalue weighted by atomic mass is 9.89. The summed E-state index contributed by atoms with van der Waals surface area (Å²) < 4.78 is 14.8. The van der Waals surface area contributed by atoms with Crippen molar-refractivity contribution >= 4 is 16.9 Å². The van der Waals surface area contributed by atoms with Crippen LogP contribution >= 0.6 is 0 Å². The normalized spacial score (nSPS) is 17.6. The molecule has 1 aliphatic rings. The molecule has 33 heavy (non-hydrogen) atoms. The number of imidazole rings is 1. The third-order valence-corrected chi connectivity index (χ3v) is 6.14. The van der Waals surface area contributed by atoms with Crippen LogP contribution in [0.3, 0.4) is 0 Å². The van der Waals surface area contributed by atoms with Gasteiger partial charge >= 0.3 is 0 Å². The van der Waals surface area contributed by atoms with E-state index in [4.69, 9.17) is 9.47 Å². The number of rotatable bonds is 6. The van der Waals surface area contributed by atoms with Crippen molar-refractivity contribution in [2.75, 3.05) is 14.2 Å². The van der Waals surface area contributed by atoms with Crippen LogP contribution in [0, 0.1) is 0 Å². The average Bonchev–Trinajstić information content (AvgIpc) is 3.46. The quantitative estimate of drug-likeness (QED) is 0.471. The number of nitrogens with one attached hydrogen (secondary N) is 1. The number of aryl methyl sites for hydroxylation is 1. The Labute approximate surface area is 190 Å². The molecule has 1 aliphatic carbocycles. The molecule has 2 atom stereocenters. The van der Waals surface area contributed by atoms with Gasteiger partial charge < -0.3 is 19.9 Å². The van der Waals surface area contributed by atoms with E-state index in [1.54, 1.807) is 23.1 Å². The Hall–Kier alpha value is -3.85. The van der Waals surface area contributed by atoms with Crippen LogP contribution in [-0.4, -0.2) is 56.7 Å². The summed E-state index contributed by atoms with van der Waals surface area (Å²) in [5.41, 5.74) is 4.83. The third kappa shape index (κ3) is 3.70. The summed E-state index contributed by atoms with van der Waals surface area (Å²) in [6.07, 6.45) is 6.43. The molecule has 1 saturated carbocycles. The van der Waals surface area contributed by atoms with Gasteiger partial charge in [-0.2, -0.15) is 5.10 Å². The van der Waals surface area contributed by atoms with Gasteiger partial charge in [0.1, 0.15) is 23.4 Å². The molecule has 170 valence electrons. The minimum atomic E-state index is -0.515. The number of hydrogen-bond acceptors (Lipinski definition) is 6.